The minimum absolute atomic E-state index is 0.0918. The summed E-state index contributed by atoms with van der Waals surface area (Å²) in [5, 5.41) is 3.92. The van der Waals surface area contributed by atoms with Crippen molar-refractivity contribution in [3.05, 3.63) is 57.4 Å². The molecule has 2 heterocycles. The maximum Gasteiger partial charge on any atom is 0.268 e. The molecule has 160 valence electrons. The molecular weight excluding hydrogens is 410 g/mol. The van der Waals surface area contributed by atoms with E-state index in [2.05, 4.69) is 10.3 Å². The number of hydrogen-bond donors (Lipinski definition) is 1. The van der Waals surface area contributed by atoms with Crippen molar-refractivity contribution in [3.8, 4) is 17.0 Å². The number of hydrogen-bond acceptors (Lipinski definition) is 5. The highest BCUT2D eigenvalue weighted by Gasteiger charge is 2.33. The summed E-state index contributed by atoms with van der Waals surface area (Å²) in [4.78, 5) is 33.0. The Morgan fingerprint density at radius 1 is 1.16 bits per heavy atom. The molecule has 1 unspecified atom stereocenters. The second kappa shape index (κ2) is 8.15. The van der Waals surface area contributed by atoms with E-state index in [0.29, 0.717) is 11.4 Å². The molecule has 7 heteroatoms. The number of carbonyl (C=O) groups excluding carboxylic acids is 2. The largest absolute Gasteiger partial charge is 0.479 e. The second-order valence-electron chi connectivity index (χ2n) is 7.87. The fraction of sp³-hybridized carbons (Fsp3) is 0.292. The molecule has 4 rings (SSSR count). The quantitative estimate of drug-likeness (QED) is 0.639. The molecule has 0 fully saturated rings. The molecule has 0 radical (unpaired) electrons. The number of rotatable bonds is 4. The van der Waals surface area contributed by atoms with E-state index < -0.39 is 6.10 Å². The third-order valence-electron chi connectivity index (χ3n) is 5.31. The molecule has 0 saturated carbocycles. The van der Waals surface area contributed by atoms with E-state index in [0.717, 1.165) is 38.0 Å². The normalized spacial score (nSPS) is 15.5. The van der Waals surface area contributed by atoms with Gasteiger partial charge in [0.2, 0.25) is 5.91 Å². The summed E-state index contributed by atoms with van der Waals surface area (Å²) in [6, 6.07) is 11.6. The third kappa shape index (κ3) is 4.18. The van der Waals surface area contributed by atoms with Crippen LogP contribution in [0.4, 0.5) is 11.4 Å². The first kappa shape index (κ1) is 21.1. The average molecular weight is 436 g/mol. The lowest BCUT2D eigenvalue weighted by molar-refractivity contribution is -0.127. The van der Waals surface area contributed by atoms with Crippen LogP contribution < -0.4 is 15.0 Å². The molecule has 1 aliphatic heterocycles. The first-order valence-corrected chi connectivity index (χ1v) is 11.0. The van der Waals surface area contributed by atoms with Crippen LogP contribution in [0.2, 0.25) is 0 Å². The molecule has 0 saturated heterocycles. The monoisotopic (exact) mass is 435 g/mol. The SMILES string of the molecule is Cc1ccc(C)c(NC(=O)CN2C(=O)C(C)Oc3ccc(-c4nc(C)sc4C)cc32)c1. The Morgan fingerprint density at radius 2 is 1.94 bits per heavy atom. The fourth-order valence-corrected chi connectivity index (χ4v) is 4.56. The van der Waals surface area contributed by atoms with E-state index in [9.17, 15) is 9.59 Å². The van der Waals surface area contributed by atoms with Crippen molar-refractivity contribution < 1.29 is 14.3 Å². The summed E-state index contributed by atoms with van der Waals surface area (Å²) in [5.41, 5.74) is 5.14. The molecule has 0 bridgehead atoms. The first-order chi connectivity index (χ1) is 14.7. The van der Waals surface area contributed by atoms with E-state index in [1.165, 1.54) is 4.90 Å². The third-order valence-corrected chi connectivity index (χ3v) is 6.20. The Balaban J connectivity index is 1.65. The van der Waals surface area contributed by atoms with E-state index in [1.807, 2.05) is 64.1 Å². The molecule has 1 aromatic heterocycles. The van der Waals surface area contributed by atoms with Crippen LogP contribution in [0.3, 0.4) is 0 Å². The Bertz CT molecular complexity index is 1180. The number of aromatic nitrogens is 1. The molecular formula is C24H25N3O3S. The topological polar surface area (TPSA) is 71.5 Å². The van der Waals surface area contributed by atoms with Gasteiger partial charge < -0.3 is 10.1 Å². The van der Waals surface area contributed by atoms with Gasteiger partial charge in [0.1, 0.15) is 12.3 Å². The van der Waals surface area contributed by atoms with Crippen molar-refractivity contribution in [3.63, 3.8) is 0 Å². The Kier molecular flexibility index (Phi) is 5.54. The van der Waals surface area contributed by atoms with Gasteiger partial charge >= 0.3 is 0 Å². The predicted molar refractivity (Wildman–Crippen MR) is 124 cm³/mol. The standard InChI is InChI=1S/C24H25N3O3S/c1-13-6-7-14(2)19(10-13)26-22(28)12-27-20-11-18(23-16(4)31-17(5)25-23)8-9-21(20)30-15(3)24(27)29/h6-11,15H,12H2,1-5H3,(H,26,28). The summed E-state index contributed by atoms with van der Waals surface area (Å²) in [5.74, 6) is 0.0834. The number of aryl methyl sites for hydroxylation is 4. The minimum atomic E-state index is -0.657. The van der Waals surface area contributed by atoms with Gasteiger partial charge in [-0.1, -0.05) is 12.1 Å². The van der Waals surface area contributed by atoms with Crippen molar-refractivity contribution in [1.82, 2.24) is 4.98 Å². The fourth-order valence-electron chi connectivity index (χ4n) is 3.72. The average Bonchev–Trinajstić information content (AvgIpc) is 3.06. The van der Waals surface area contributed by atoms with Crippen molar-refractivity contribution in [2.45, 2.75) is 40.7 Å². The van der Waals surface area contributed by atoms with E-state index in [-0.39, 0.29) is 18.4 Å². The molecule has 1 N–H and O–H groups in total. The van der Waals surface area contributed by atoms with Crippen LogP contribution in [0.15, 0.2) is 36.4 Å². The van der Waals surface area contributed by atoms with Crippen LogP contribution >= 0.6 is 11.3 Å². The molecule has 0 spiro atoms. The lowest BCUT2D eigenvalue weighted by Crippen LogP contribution is -2.47. The van der Waals surface area contributed by atoms with Crippen LogP contribution in [0.5, 0.6) is 5.75 Å². The van der Waals surface area contributed by atoms with Gasteiger partial charge in [-0.3, -0.25) is 14.5 Å². The summed E-state index contributed by atoms with van der Waals surface area (Å²) >= 11 is 1.63. The molecule has 31 heavy (non-hydrogen) atoms. The van der Waals surface area contributed by atoms with Gasteiger partial charge in [0.05, 0.1) is 16.4 Å². The van der Waals surface area contributed by atoms with Gasteiger partial charge in [0.25, 0.3) is 5.91 Å². The molecule has 2 amide bonds. The first-order valence-electron chi connectivity index (χ1n) is 10.2. The lowest BCUT2D eigenvalue weighted by atomic mass is 10.1. The molecule has 0 aliphatic carbocycles. The number of carbonyl (C=O) groups is 2. The van der Waals surface area contributed by atoms with Gasteiger partial charge in [-0.2, -0.15) is 0 Å². The number of amides is 2. The smallest absolute Gasteiger partial charge is 0.268 e. The van der Waals surface area contributed by atoms with E-state index >= 15 is 0 Å². The maximum absolute atomic E-state index is 12.9. The number of thiazole rings is 1. The van der Waals surface area contributed by atoms with Crippen LogP contribution in [-0.4, -0.2) is 29.4 Å². The molecule has 1 atom stereocenters. The van der Waals surface area contributed by atoms with Gasteiger partial charge in [-0.05, 0) is 70.0 Å². The Morgan fingerprint density at radius 3 is 2.65 bits per heavy atom. The van der Waals surface area contributed by atoms with Crippen LogP contribution in [0, 0.1) is 27.7 Å². The zero-order chi connectivity index (χ0) is 22.3. The van der Waals surface area contributed by atoms with Gasteiger partial charge in [0.15, 0.2) is 6.10 Å². The minimum Gasteiger partial charge on any atom is -0.479 e. The van der Waals surface area contributed by atoms with E-state index in [4.69, 9.17) is 4.74 Å². The van der Waals surface area contributed by atoms with Crippen molar-refractivity contribution in [2.24, 2.45) is 0 Å². The van der Waals surface area contributed by atoms with Gasteiger partial charge in [-0.15, -0.1) is 11.3 Å². The van der Waals surface area contributed by atoms with E-state index in [1.54, 1.807) is 18.3 Å². The molecule has 3 aromatic rings. The van der Waals surface area contributed by atoms with Crippen molar-refractivity contribution in [1.29, 1.82) is 0 Å². The number of nitrogens with one attached hydrogen (secondary N) is 1. The summed E-state index contributed by atoms with van der Waals surface area (Å²) < 4.78 is 5.79. The second-order valence-corrected chi connectivity index (χ2v) is 9.28. The van der Waals surface area contributed by atoms with Crippen LogP contribution in [0.25, 0.3) is 11.3 Å². The summed E-state index contributed by atoms with van der Waals surface area (Å²) in [6.07, 6.45) is -0.657. The Labute approximate surface area is 185 Å². The summed E-state index contributed by atoms with van der Waals surface area (Å²) in [6.45, 7) is 9.52. The zero-order valence-corrected chi connectivity index (χ0v) is 19.1. The molecule has 1 aliphatic rings. The number of fused-ring (bicyclic) bond motifs is 1. The van der Waals surface area contributed by atoms with Crippen LogP contribution in [0.1, 0.15) is 27.9 Å². The van der Waals surface area contributed by atoms with Gasteiger partial charge in [0, 0.05) is 16.1 Å². The highest BCUT2D eigenvalue weighted by molar-refractivity contribution is 7.11. The molecule has 2 aromatic carbocycles. The number of ether oxygens (including phenoxy) is 1. The number of anilines is 2. The maximum atomic E-state index is 12.9. The number of benzene rings is 2. The van der Waals surface area contributed by atoms with Gasteiger partial charge in [-0.25, -0.2) is 4.98 Å². The predicted octanol–water partition coefficient (Wildman–Crippen LogP) is 4.80. The number of nitrogens with zero attached hydrogens (tertiary/aromatic N) is 2. The summed E-state index contributed by atoms with van der Waals surface area (Å²) in [7, 11) is 0. The molecule has 6 nitrogen and oxygen atoms in total. The van der Waals surface area contributed by atoms with Crippen molar-refractivity contribution in [2.75, 3.05) is 16.8 Å². The Hall–Kier alpha value is -3.19. The lowest BCUT2D eigenvalue weighted by Gasteiger charge is -2.33. The highest BCUT2D eigenvalue weighted by atomic mass is 32.1. The highest BCUT2D eigenvalue weighted by Crippen LogP contribution is 2.38. The zero-order valence-electron chi connectivity index (χ0n) is 18.3. The van der Waals surface area contributed by atoms with Crippen LogP contribution in [-0.2, 0) is 9.59 Å². The van der Waals surface area contributed by atoms with Crippen molar-refractivity contribution >= 4 is 34.5 Å².